The van der Waals surface area contributed by atoms with Crippen molar-refractivity contribution in [1.29, 1.82) is 0 Å². The molecule has 1 N–H and O–H groups in total. The number of anilines is 1. The van der Waals surface area contributed by atoms with E-state index in [1.807, 2.05) is 7.05 Å². The fourth-order valence-corrected chi connectivity index (χ4v) is 3.81. The SMILES string of the molecule is COCCNc1nc2cc(-c3ncnn3C3CCCCC3)ccc2n1C. The molecule has 0 aliphatic heterocycles. The lowest BCUT2D eigenvalue weighted by molar-refractivity contribution is 0.210. The van der Waals surface area contributed by atoms with Crippen molar-refractivity contribution < 1.29 is 4.74 Å². The van der Waals surface area contributed by atoms with Crippen LogP contribution >= 0.6 is 0 Å². The number of hydrogen-bond donors (Lipinski definition) is 1. The fourth-order valence-electron chi connectivity index (χ4n) is 3.81. The normalized spacial score (nSPS) is 15.6. The summed E-state index contributed by atoms with van der Waals surface area (Å²) in [7, 11) is 3.72. The lowest BCUT2D eigenvalue weighted by Crippen LogP contribution is -2.15. The van der Waals surface area contributed by atoms with Gasteiger partial charge in [0.05, 0.1) is 23.7 Å². The predicted octanol–water partition coefficient (Wildman–Crippen LogP) is 3.40. The largest absolute Gasteiger partial charge is 0.383 e. The van der Waals surface area contributed by atoms with Gasteiger partial charge in [0.2, 0.25) is 5.95 Å². The Balaban J connectivity index is 1.65. The molecule has 26 heavy (non-hydrogen) atoms. The smallest absolute Gasteiger partial charge is 0.203 e. The minimum absolute atomic E-state index is 0.465. The summed E-state index contributed by atoms with van der Waals surface area (Å²) in [5.41, 5.74) is 3.13. The van der Waals surface area contributed by atoms with Crippen LogP contribution in [0.5, 0.6) is 0 Å². The molecule has 0 bridgehead atoms. The summed E-state index contributed by atoms with van der Waals surface area (Å²) < 4.78 is 9.28. The summed E-state index contributed by atoms with van der Waals surface area (Å²) in [6.45, 7) is 1.38. The predicted molar refractivity (Wildman–Crippen MR) is 102 cm³/mol. The molecule has 7 nitrogen and oxygen atoms in total. The number of hydrogen-bond acceptors (Lipinski definition) is 5. The molecule has 0 saturated heterocycles. The number of aromatic nitrogens is 5. The van der Waals surface area contributed by atoms with Gasteiger partial charge in [-0.2, -0.15) is 5.10 Å². The van der Waals surface area contributed by atoms with Crippen molar-refractivity contribution in [2.75, 3.05) is 25.6 Å². The summed E-state index contributed by atoms with van der Waals surface area (Å²) in [4.78, 5) is 9.28. The highest BCUT2D eigenvalue weighted by atomic mass is 16.5. The first-order valence-corrected chi connectivity index (χ1v) is 9.37. The number of benzene rings is 1. The third-order valence-electron chi connectivity index (χ3n) is 5.22. The molecule has 2 heterocycles. The molecule has 1 fully saturated rings. The first kappa shape index (κ1) is 17.0. The lowest BCUT2D eigenvalue weighted by Gasteiger charge is -2.23. The Bertz CT molecular complexity index is 877. The van der Waals surface area contributed by atoms with Gasteiger partial charge in [-0.05, 0) is 31.0 Å². The average molecular weight is 354 g/mol. The second-order valence-electron chi connectivity index (χ2n) is 6.94. The van der Waals surface area contributed by atoms with Crippen molar-refractivity contribution in [3.63, 3.8) is 0 Å². The third-order valence-corrected chi connectivity index (χ3v) is 5.22. The molecule has 0 unspecified atom stereocenters. The van der Waals surface area contributed by atoms with Gasteiger partial charge >= 0.3 is 0 Å². The van der Waals surface area contributed by atoms with Gasteiger partial charge in [-0.3, -0.25) is 0 Å². The van der Waals surface area contributed by atoms with Gasteiger partial charge in [-0.25, -0.2) is 14.6 Å². The van der Waals surface area contributed by atoms with Crippen LogP contribution in [0.4, 0.5) is 5.95 Å². The van der Waals surface area contributed by atoms with Gasteiger partial charge in [-0.15, -0.1) is 0 Å². The van der Waals surface area contributed by atoms with Crippen molar-refractivity contribution in [1.82, 2.24) is 24.3 Å². The maximum atomic E-state index is 5.10. The summed E-state index contributed by atoms with van der Waals surface area (Å²) in [6.07, 6.45) is 7.94. The second kappa shape index (κ2) is 7.45. The van der Waals surface area contributed by atoms with Crippen LogP contribution in [0, 0.1) is 0 Å². The van der Waals surface area contributed by atoms with E-state index >= 15 is 0 Å². The molecule has 3 aromatic rings. The molecule has 1 aromatic carbocycles. The van der Waals surface area contributed by atoms with E-state index in [4.69, 9.17) is 9.72 Å². The van der Waals surface area contributed by atoms with E-state index in [2.05, 4.69) is 42.8 Å². The molecule has 1 aliphatic rings. The molecule has 0 radical (unpaired) electrons. The van der Waals surface area contributed by atoms with E-state index in [1.54, 1.807) is 13.4 Å². The zero-order chi connectivity index (χ0) is 17.9. The number of ether oxygens (including phenoxy) is 1. The standard InChI is InChI=1S/C19H26N6O/c1-24-17-9-8-14(12-16(17)23-19(24)20-10-11-26-2)18-21-13-22-25(18)15-6-4-3-5-7-15/h8-9,12-13,15H,3-7,10-11H2,1-2H3,(H,20,23). The number of nitrogens with zero attached hydrogens (tertiary/aromatic N) is 5. The van der Waals surface area contributed by atoms with E-state index < -0.39 is 0 Å². The van der Waals surface area contributed by atoms with E-state index in [9.17, 15) is 0 Å². The number of methoxy groups -OCH3 is 1. The summed E-state index contributed by atoms with van der Waals surface area (Å²) >= 11 is 0. The molecule has 1 aliphatic carbocycles. The Morgan fingerprint density at radius 1 is 1.23 bits per heavy atom. The fraction of sp³-hybridized carbons (Fsp3) is 0.526. The Morgan fingerprint density at radius 2 is 2.08 bits per heavy atom. The van der Waals surface area contributed by atoms with Crippen LogP contribution < -0.4 is 5.32 Å². The van der Waals surface area contributed by atoms with E-state index in [0.29, 0.717) is 12.6 Å². The molecule has 0 atom stereocenters. The van der Waals surface area contributed by atoms with Crippen LogP contribution in [0.3, 0.4) is 0 Å². The average Bonchev–Trinajstić information content (AvgIpc) is 3.28. The quantitative estimate of drug-likeness (QED) is 0.687. The molecule has 2 aromatic heterocycles. The van der Waals surface area contributed by atoms with Crippen molar-refractivity contribution in [3.05, 3.63) is 24.5 Å². The number of imidazole rings is 1. The topological polar surface area (TPSA) is 69.8 Å². The molecular formula is C19H26N6O. The summed E-state index contributed by atoms with van der Waals surface area (Å²) in [5.74, 6) is 1.79. The van der Waals surface area contributed by atoms with Gasteiger partial charge in [0.25, 0.3) is 0 Å². The van der Waals surface area contributed by atoms with Gasteiger partial charge < -0.3 is 14.6 Å². The highest BCUT2D eigenvalue weighted by Gasteiger charge is 2.20. The van der Waals surface area contributed by atoms with Crippen molar-refractivity contribution in [2.24, 2.45) is 7.05 Å². The minimum atomic E-state index is 0.465. The second-order valence-corrected chi connectivity index (χ2v) is 6.94. The first-order chi connectivity index (χ1) is 12.8. The zero-order valence-corrected chi connectivity index (χ0v) is 15.5. The third kappa shape index (κ3) is 3.19. The number of fused-ring (bicyclic) bond motifs is 1. The van der Waals surface area contributed by atoms with Crippen LogP contribution in [0.25, 0.3) is 22.4 Å². The van der Waals surface area contributed by atoms with Gasteiger partial charge in [0.15, 0.2) is 5.82 Å². The Hall–Kier alpha value is -2.41. The van der Waals surface area contributed by atoms with E-state index in [1.165, 1.54) is 32.1 Å². The van der Waals surface area contributed by atoms with Crippen molar-refractivity contribution in [3.8, 4) is 11.4 Å². The van der Waals surface area contributed by atoms with Gasteiger partial charge in [0, 0.05) is 26.3 Å². The molecule has 138 valence electrons. The molecule has 0 spiro atoms. The maximum Gasteiger partial charge on any atom is 0.203 e. The zero-order valence-electron chi connectivity index (χ0n) is 15.5. The van der Waals surface area contributed by atoms with Gasteiger partial charge in [0.1, 0.15) is 6.33 Å². The number of rotatable bonds is 6. The van der Waals surface area contributed by atoms with E-state index in [0.717, 1.165) is 34.9 Å². The van der Waals surface area contributed by atoms with Crippen molar-refractivity contribution >= 4 is 17.0 Å². The van der Waals surface area contributed by atoms with E-state index in [-0.39, 0.29) is 0 Å². The first-order valence-electron chi connectivity index (χ1n) is 9.37. The Morgan fingerprint density at radius 3 is 2.88 bits per heavy atom. The molecule has 0 amide bonds. The van der Waals surface area contributed by atoms with Crippen LogP contribution in [-0.2, 0) is 11.8 Å². The Labute approximate surface area is 153 Å². The number of aryl methyl sites for hydroxylation is 1. The minimum Gasteiger partial charge on any atom is -0.383 e. The molecule has 4 rings (SSSR count). The van der Waals surface area contributed by atoms with Crippen LogP contribution in [0.2, 0.25) is 0 Å². The van der Waals surface area contributed by atoms with Crippen LogP contribution in [-0.4, -0.2) is 44.6 Å². The number of nitrogens with one attached hydrogen (secondary N) is 1. The van der Waals surface area contributed by atoms with Gasteiger partial charge in [-0.1, -0.05) is 19.3 Å². The maximum absolute atomic E-state index is 5.10. The van der Waals surface area contributed by atoms with Crippen molar-refractivity contribution in [2.45, 2.75) is 38.1 Å². The summed E-state index contributed by atoms with van der Waals surface area (Å²) in [6, 6.07) is 6.80. The molecule has 7 heteroatoms. The Kier molecular flexibility index (Phi) is 4.88. The summed E-state index contributed by atoms with van der Waals surface area (Å²) in [5, 5.41) is 7.84. The van der Waals surface area contributed by atoms with Crippen LogP contribution in [0.15, 0.2) is 24.5 Å². The molecular weight excluding hydrogens is 328 g/mol. The van der Waals surface area contributed by atoms with Crippen LogP contribution in [0.1, 0.15) is 38.1 Å². The highest BCUT2D eigenvalue weighted by Crippen LogP contribution is 2.32. The highest BCUT2D eigenvalue weighted by molar-refractivity contribution is 5.83. The monoisotopic (exact) mass is 354 g/mol. The lowest BCUT2D eigenvalue weighted by atomic mass is 9.95. The molecule has 1 saturated carbocycles.